The van der Waals surface area contributed by atoms with Crippen molar-refractivity contribution in [3.05, 3.63) is 49.9 Å². The molecule has 1 heterocycles. The Morgan fingerprint density at radius 3 is 2.47 bits per heavy atom. The molecule has 0 aliphatic carbocycles. The van der Waals surface area contributed by atoms with Crippen LogP contribution in [0, 0.1) is 13.8 Å². The molecule has 0 bridgehead atoms. The fourth-order valence-electron chi connectivity index (χ4n) is 1.66. The van der Waals surface area contributed by atoms with E-state index < -0.39 is 0 Å². The van der Waals surface area contributed by atoms with Crippen LogP contribution in [0.5, 0.6) is 0 Å². The maximum atomic E-state index is 4.42. The molecular formula is C13H15BrN2S. The summed E-state index contributed by atoms with van der Waals surface area (Å²) in [4.78, 5) is 5.75. The number of benzene rings is 1. The van der Waals surface area contributed by atoms with Gasteiger partial charge in [0.25, 0.3) is 0 Å². The number of thiazole rings is 1. The highest BCUT2D eigenvalue weighted by Crippen LogP contribution is 2.17. The van der Waals surface area contributed by atoms with Gasteiger partial charge in [0, 0.05) is 22.4 Å². The first-order valence-electron chi connectivity index (χ1n) is 5.53. The summed E-state index contributed by atoms with van der Waals surface area (Å²) in [6, 6.07) is 8.39. The van der Waals surface area contributed by atoms with E-state index >= 15 is 0 Å². The van der Waals surface area contributed by atoms with Crippen LogP contribution in [0.1, 0.15) is 21.1 Å². The molecule has 2 rings (SSSR count). The first-order chi connectivity index (χ1) is 8.15. The van der Waals surface area contributed by atoms with Crippen molar-refractivity contribution < 1.29 is 0 Å². The van der Waals surface area contributed by atoms with Crippen molar-refractivity contribution in [3.8, 4) is 0 Å². The van der Waals surface area contributed by atoms with E-state index in [0.717, 1.165) is 28.3 Å². The van der Waals surface area contributed by atoms with E-state index in [-0.39, 0.29) is 0 Å². The van der Waals surface area contributed by atoms with Crippen LogP contribution in [0.3, 0.4) is 0 Å². The highest BCUT2D eigenvalue weighted by molar-refractivity contribution is 9.10. The number of halogens is 1. The van der Waals surface area contributed by atoms with Gasteiger partial charge in [-0.15, -0.1) is 11.3 Å². The minimum Gasteiger partial charge on any atom is -0.308 e. The van der Waals surface area contributed by atoms with Gasteiger partial charge in [-0.3, -0.25) is 0 Å². The summed E-state index contributed by atoms with van der Waals surface area (Å²) < 4.78 is 1.12. The number of nitrogens with one attached hydrogen (secondary N) is 1. The number of nitrogens with zero attached hydrogens (tertiary/aromatic N) is 1. The lowest BCUT2D eigenvalue weighted by Gasteiger charge is -2.04. The number of hydrogen-bond donors (Lipinski definition) is 1. The van der Waals surface area contributed by atoms with Crippen LogP contribution in [0.4, 0.5) is 0 Å². The molecule has 0 saturated heterocycles. The van der Waals surface area contributed by atoms with Gasteiger partial charge >= 0.3 is 0 Å². The first-order valence-corrected chi connectivity index (χ1v) is 7.14. The van der Waals surface area contributed by atoms with Crippen molar-refractivity contribution in [2.24, 2.45) is 0 Å². The zero-order chi connectivity index (χ0) is 12.3. The Balaban J connectivity index is 1.87. The minimum absolute atomic E-state index is 0.893. The van der Waals surface area contributed by atoms with E-state index in [9.17, 15) is 0 Å². The van der Waals surface area contributed by atoms with E-state index in [1.807, 2.05) is 0 Å². The molecule has 17 heavy (non-hydrogen) atoms. The van der Waals surface area contributed by atoms with Gasteiger partial charge in [0.2, 0.25) is 0 Å². The van der Waals surface area contributed by atoms with Gasteiger partial charge in [-0.25, -0.2) is 4.98 Å². The van der Waals surface area contributed by atoms with E-state index in [0.29, 0.717) is 0 Å². The second-order valence-corrected chi connectivity index (χ2v) is 6.17. The molecule has 0 unspecified atom stereocenters. The molecule has 0 atom stereocenters. The number of aryl methyl sites for hydroxylation is 2. The van der Waals surface area contributed by atoms with Gasteiger partial charge in [0.15, 0.2) is 0 Å². The van der Waals surface area contributed by atoms with E-state index in [1.165, 1.54) is 10.4 Å². The molecule has 0 radical (unpaired) electrons. The second-order valence-electron chi connectivity index (χ2n) is 3.97. The summed E-state index contributed by atoms with van der Waals surface area (Å²) in [6.45, 7) is 5.91. The lowest BCUT2D eigenvalue weighted by Crippen LogP contribution is -2.12. The largest absolute Gasteiger partial charge is 0.308 e. The Morgan fingerprint density at radius 2 is 1.88 bits per heavy atom. The van der Waals surface area contributed by atoms with Crippen LogP contribution >= 0.6 is 27.3 Å². The summed E-state index contributed by atoms with van der Waals surface area (Å²) in [5.41, 5.74) is 2.45. The molecule has 0 spiro atoms. The topological polar surface area (TPSA) is 24.9 Å². The maximum absolute atomic E-state index is 4.42. The summed E-state index contributed by atoms with van der Waals surface area (Å²) in [5, 5.41) is 4.59. The van der Waals surface area contributed by atoms with Crippen LogP contribution in [0.15, 0.2) is 28.7 Å². The molecule has 0 aliphatic rings. The molecule has 0 fully saturated rings. The van der Waals surface area contributed by atoms with Crippen molar-refractivity contribution in [2.75, 3.05) is 0 Å². The van der Waals surface area contributed by atoms with Gasteiger partial charge in [0.1, 0.15) is 0 Å². The zero-order valence-electron chi connectivity index (χ0n) is 9.96. The van der Waals surface area contributed by atoms with E-state index in [2.05, 4.69) is 64.3 Å². The second kappa shape index (κ2) is 5.76. The summed E-state index contributed by atoms with van der Waals surface area (Å²) in [7, 11) is 0. The van der Waals surface area contributed by atoms with E-state index in [1.54, 1.807) is 11.3 Å². The van der Waals surface area contributed by atoms with Crippen LogP contribution in [-0.4, -0.2) is 4.98 Å². The minimum atomic E-state index is 0.893. The van der Waals surface area contributed by atoms with Crippen LogP contribution in [0.25, 0.3) is 0 Å². The number of rotatable bonds is 4. The molecule has 0 amide bonds. The van der Waals surface area contributed by atoms with Crippen molar-refractivity contribution in [1.82, 2.24) is 10.3 Å². The van der Waals surface area contributed by atoms with Crippen molar-refractivity contribution in [3.63, 3.8) is 0 Å². The molecule has 1 N–H and O–H groups in total. The lowest BCUT2D eigenvalue weighted by molar-refractivity contribution is 0.697. The van der Waals surface area contributed by atoms with Crippen LogP contribution in [-0.2, 0) is 13.1 Å². The van der Waals surface area contributed by atoms with Crippen molar-refractivity contribution in [1.29, 1.82) is 0 Å². The quantitative estimate of drug-likeness (QED) is 0.928. The van der Waals surface area contributed by atoms with Crippen LogP contribution < -0.4 is 5.32 Å². The Kier molecular flexibility index (Phi) is 4.31. The molecule has 1 aromatic heterocycles. The monoisotopic (exact) mass is 310 g/mol. The molecule has 0 aliphatic heterocycles. The third-order valence-electron chi connectivity index (χ3n) is 2.53. The summed E-state index contributed by atoms with van der Waals surface area (Å²) in [5.74, 6) is 0. The average molecular weight is 311 g/mol. The molecule has 1 aromatic carbocycles. The predicted molar refractivity (Wildman–Crippen MR) is 76.3 cm³/mol. The highest BCUT2D eigenvalue weighted by Gasteiger charge is 2.03. The molecule has 2 aromatic rings. The highest BCUT2D eigenvalue weighted by atomic mass is 79.9. The number of hydrogen-bond acceptors (Lipinski definition) is 3. The fraction of sp³-hybridized carbons (Fsp3) is 0.308. The molecule has 4 heteroatoms. The predicted octanol–water partition coefficient (Wildman–Crippen LogP) is 3.81. The smallest absolute Gasteiger partial charge is 0.0900 e. The maximum Gasteiger partial charge on any atom is 0.0900 e. The Labute approximate surface area is 114 Å². The fourth-order valence-corrected chi connectivity index (χ4v) is 2.83. The van der Waals surface area contributed by atoms with Gasteiger partial charge in [-0.1, -0.05) is 28.1 Å². The van der Waals surface area contributed by atoms with Gasteiger partial charge < -0.3 is 5.32 Å². The first kappa shape index (κ1) is 12.7. The number of aromatic nitrogens is 1. The van der Waals surface area contributed by atoms with E-state index in [4.69, 9.17) is 0 Å². The lowest BCUT2D eigenvalue weighted by atomic mass is 10.2. The SMILES string of the molecule is Cc1nc(C)c(CNCc2ccc(Br)cc2)s1. The third-order valence-corrected chi connectivity index (χ3v) is 4.13. The van der Waals surface area contributed by atoms with Crippen molar-refractivity contribution in [2.45, 2.75) is 26.9 Å². The van der Waals surface area contributed by atoms with Gasteiger partial charge in [0.05, 0.1) is 10.7 Å². The molecule has 90 valence electrons. The Hall–Kier alpha value is -0.710. The van der Waals surface area contributed by atoms with Gasteiger partial charge in [-0.2, -0.15) is 0 Å². The summed E-state index contributed by atoms with van der Waals surface area (Å²) in [6.07, 6.45) is 0. The summed E-state index contributed by atoms with van der Waals surface area (Å²) >= 11 is 5.21. The van der Waals surface area contributed by atoms with Crippen LogP contribution in [0.2, 0.25) is 0 Å². The normalized spacial score (nSPS) is 10.8. The molecule has 0 saturated carbocycles. The molecule has 2 nitrogen and oxygen atoms in total. The zero-order valence-corrected chi connectivity index (χ0v) is 12.4. The molecular weight excluding hydrogens is 296 g/mol. The Morgan fingerprint density at radius 1 is 1.18 bits per heavy atom. The van der Waals surface area contributed by atoms with Crippen molar-refractivity contribution >= 4 is 27.3 Å². The standard InChI is InChI=1S/C13H15BrN2S/c1-9-13(17-10(2)16-9)8-15-7-11-3-5-12(14)6-4-11/h3-6,15H,7-8H2,1-2H3. The van der Waals surface area contributed by atoms with Gasteiger partial charge in [-0.05, 0) is 31.5 Å². The average Bonchev–Trinajstić information content (AvgIpc) is 2.60. The third kappa shape index (κ3) is 3.63. The Bertz CT molecular complexity index is 491.